The van der Waals surface area contributed by atoms with Crippen molar-refractivity contribution in [3.8, 4) is 23.0 Å². The third-order valence-electron chi connectivity index (χ3n) is 17.1. The fourth-order valence-corrected chi connectivity index (χ4v) is 12.0. The van der Waals surface area contributed by atoms with E-state index in [1.165, 1.54) is 22.3 Å². The van der Waals surface area contributed by atoms with E-state index < -0.39 is 0 Å². The van der Waals surface area contributed by atoms with E-state index >= 15 is 0 Å². The molecule has 14 heteroatoms. The van der Waals surface area contributed by atoms with Crippen LogP contribution in [0.3, 0.4) is 0 Å². The molecule has 92 heavy (non-hydrogen) atoms. The molecule has 0 fully saturated rings. The zero-order chi connectivity index (χ0) is 61.3. The Hall–Kier alpha value is -9.60. The molecule has 0 saturated carbocycles. The molecule has 0 saturated heterocycles. The van der Waals surface area contributed by atoms with Gasteiger partial charge in [-0.2, -0.15) is 24.3 Å². The minimum absolute atomic E-state index is 0. The predicted molar refractivity (Wildman–Crippen MR) is 368 cm³/mol. The van der Waals surface area contributed by atoms with Crippen LogP contribution in [-0.4, -0.2) is 28.2 Å². The Morgan fingerprint density at radius 2 is 0.533 bits per heavy atom. The van der Waals surface area contributed by atoms with Crippen molar-refractivity contribution in [1.82, 2.24) is 0 Å². The number of para-hydroxylation sites is 4. The van der Waals surface area contributed by atoms with E-state index in [0.29, 0.717) is 23.0 Å². The molecule has 4 aliphatic rings. The van der Waals surface area contributed by atoms with Crippen LogP contribution in [0.4, 0.5) is 102 Å². The fourth-order valence-electron chi connectivity index (χ4n) is 12.0. The molecule has 0 unspecified atom stereocenters. The van der Waals surface area contributed by atoms with Crippen molar-refractivity contribution in [2.45, 2.75) is 27.7 Å². The predicted octanol–water partition coefficient (Wildman–Crippen LogP) is 19.5. The summed E-state index contributed by atoms with van der Waals surface area (Å²) in [5.74, 6) is 2.33. The minimum Gasteiger partial charge on any atom is -0.509 e. The van der Waals surface area contributed by atoms with Crippen molar-refractivity contribution in [3.05, 3.63) is 292 Å². The first-order chi connectivity index (χ1) is 43.8. The largest absolute Gasteiger partial charge is 4.00 e. The summed E-state index contributed by atoms with van der Waals surface area (Å²) in [6.45, 7) is 17.2. The van der Waals surface area contributed by atoms with Gasteiger partial charge in [-0.15, -0.1) is 122 Å². The van der Waals surface area contributed by atoms with Gasteiger partial charge in [-0.05, 0) is 159 Å². The summed E-state index contributed by atoms with van der Waals surface area (Å²) in [6, 6.07) is 90.2. The molecule has 0 atom stereocenters. The molecule has 4 aliphatic heterocycles. The number of rotatable bonds is 14. The van der Waals surface area contributed by atoms with E-state index in [1.807, 2.05) is 48.5 Å². The molecule has 4 heterocycles. The molecule has 0 N–H and O–H groups in total. The van der Waals surface area contributed by atoms with Gasteiger partial charge in [0.15, 0.2) is 0 Å². The van der Waals surface area contributed by atoms with E-state index in [2.05, 4.69) is 326 Å². The third-order valence-corrected chi connectivity index (χ3v) is 17.1. The number of nitrogens with zero attached hydrogens (tertiary/aromatic N) is 10. The molecule has 11 aromatic carbocycles. The van der Waals surface area contributed by atoms with Gasteiger partial charge >= 0.3 is 42.1 Å². The maximum atomic E-state index is 6.62. The Labute approximate surface area is 569 Å². The molecule has 0 aromatic heterocycles. The SMILES string of the molecule is Cc1cc2c(cc1C)N(c1cccc(N(C)C)c1)[CH-]N2c1[c-]c(Oc2[c-]c(N3[CH-]N(c4ccc(N5[CH-]N(c6[c-]c(Oc7[c-]c(N8[CH-]N(c9cccc(N(C)C)c9)c9cc(C)c(C)cc98)ccc7)ccc6)c6ccccc65)cc4)c4ccccc43)ccc2)ccc1.[Pt+4].[Pt+4]. The van der Waals surface area contributed by atoms with Gasteiger partial charge < -0.3 is 58.5 Å². The Morgan fingerprint density at radius 1 is 0.272 bits per heavy atom. The number of benzene rings is 11. The average Bonchev–Trinajstić information content (AvgIpc) is 1.64. The zero-order valence-corrected chi connectivity index (χ0v) is 56.6. The van der Waals surface area contributed by atoms with Crippen LogP contribution in [-0.2, 0) is 42.1 Å². The topological polar surface area (TPSA) is 50.9 Å². The molecule has 0 amide bonds. The van der Waals surface area contributed by atoms with E-state index in [4.69, 9.17) is 9.47 Å². The fraction of sp³-hybridized carbons (Fsp3) is 0.103. The average molecular weight is 1560 g/mol. The van der Waals surface area contributed by atoms with E-state index in [0.717, 1.165) is 102 Å². The molecule has 0 radical (unpaired) electrons. The standard InChI is InChI=1S/C78H64N10O2.2Pt/c1-53-39-75-77(41-55(53)3)87(51-85(75)61-21-13-19-59(43-61)79(5)6)65-25-17-29-69(47-65)89-67-27-15-23-63(45-67)83-49-81(71-31-9-11-33-73(71)83)57-35-37-58(38-36-57)82-50-84(74-34-12-10-32-72(74)82)64-24-16-28-68(46-64)90-70-30-18-26-66(48-70)88-52-86(62-22-14-20-60(44-62)80(7)8)76-40-54(2)56(4)42-78(76)88;;/h9-44,49-52H,1-8H3;;/q-8;2*+4. The quantitative estimate of drug-likeness (QED) is 0.0975. The second kappa shape index (κ2) is 25.2. The summed E-state index contributed by atoms with van der Waals surface area (Å²) in [4.78, 5) is 21.9. The Kier molecular flexibility index (Phi) is 16.8. The Bertz CT molecular complexity index is 4270. The monoisotopic (exact) mass is 1560 g/mol. The molecule has 0 spiro atoms. The van der Waals surface area contributed by atoms with Gasteiger partial charge in [0.2, 0.25) is 0 Å². The molecule has 12 nitrogen and oxygen atoms in total. The maximum Gasteiger partial charge on any atom is 4.00 e. The number of fused-ring (bicyclic) bond motifs is 4. The summed E-state index contributed by atoms with van der Waals surface area (Å²) in [6.07, 6.45) is 0. The van der Waals surface area contributed by atoms with Crippen molar-refractivity contribution in [1.29, 1.82) is 0 Å². The van der Waals surface area contributed by atoms with Crippen LogP contribution in [0.25, 0.3) is 0 Å². The van der Waals surface area contributed by atoms with Crippen LogP contribution < -0.4 is 58.5 Å². The van der Waals surface area contributed by atoms with Crippen molar-refractivity contribution in [3.63, 3.8) is 0 Å². The van der Waals surface area contributed by atoms with Crippen molar-refractivity contribution in [2.24, 2.45) is 0 Å². The van der Waals surface area contributed by atoms with Crippen molar-refractivity contribution >= 4 is 102 Å². The van der Waals surface area contributed by atoms with Gasteiger partial charge in [-0.1, -0.05) is 36.4 Å². The molecule has 458 valence electrons. The van der Waals surface area contributed by atoms with Gasteiger partial charge in [0, 0.05) is 131 Å². The van der Waals surface area contributed by atoms with E-state index in [1.54, 1.807) is 0 Å². The molecular formula is C78H64N10O2Pt2. The summed E-state index contributed by atoms with van der Waals surface area (Å²) < 4.78 is 13.2. The summed E-state index contributed by atoms with van der Waals surface area (Å²) >= 11 is 0. The maximum absolute atomic E-state index is 6.62. The Balaban J connectivity index is 0.00000386. The normalized spacial score (nSPS) is 13.6. The first-order valence-corrected chi connectivity index (χ1v) is 30.1. The number of hydrogen-bond donors (Lipinski definition) is 0. The van der Waals surface area contributed by atoms with Crippen LogP contribution in [0, 0.1) is 78.6 Å². The van der Waals surface area contributed by atoms with Gasteiger partial charge in [-0.25, -0.2) is 0 Å². The number of aryl methyl sites for hydroxylation is 4. The van der Waals surface area contributed by atoms with E-state index in [9.17, 15) is 0 Å². The minimum atomic E-state index is 0. The molecular weight excluding hydrogens is 1500 g/mol. The smallest absolute Gasteiger partial charge is 0.509 e. The first-order valence-electron chi connectivity index (χ1n) is 30.1. The second-order valence-corrected chi connectivity index (χ2v) is 23.4. The van der Waals surface area contributed by atoms with E-state index in [-0.39, 0.29) is 42.1 Å². The number of ether oxygens (including phenoxy) is 2. The van der Waals surface area contributed by atoms with Gasteiger partial charge in [-0.3, -0.25) is 0 Å². The number of anilines is 18. The Morgan fingerprint density at radius 3 is 0.837 bits per heavy atom. The van der Waals surface area contributed by atoms with Gasteiger partial charge in [0.05, 0.1) is 0 Å². The first kappa shape index (κ1) is 61.3. The van der Waals surface area contributed by atoms with Crippen LogP contribution in [0.15, 0.2) is 218 Å². The zero-order valence-electron chi connectivity index (χ0n) is 52.0. The summed E-state index contributed by atoms with van der Waals surface area (Å²) in [5, 5.41) is 0. The summed E-state index contributed by atoms with van der Waals surface area (Å²) in [7, 11) is 8.27. The molecule has 11 aromatic rings. The molecule has 0 aliphatic carbocycles. The molecule has 0 bridgehead atoms. The van der Waals surface area contributed by atoms with Gasteiger partial charge in [0.25, 0.3) is 0 Å². The molecule has 15 rings (SSSR count). The van der Waals surface area contributed by atoms with Crippen LogP contribution >= 0.6 is 0 Å². The summed E-state index contributed by atoms with van der Waals surface area (Å²) in [5.41, 5.74) is 23.3. The number of hydrogen-bond acceptors (Lipinski definition) is 12. The van der Waals surface area contributed by atoms with Crippen LogP contribution in [0.5, 0.6) is 23.0 Å². The van der Waals surface area contributed by atoms with Crippen molar-refractivity contribution in [2.75, 3.05) is 77.2 Å². The second-order valence-electron chi connectivity index (χ2n) is 23.4. The van der Waals surface area contributed by atoms with Crippen molar-refractivity contribution < 1.29 is 51.6 Å². The van der Waals surface area contributed by atoms with Gasteiger partial charge in [0.1, 0.15) is 0 Å². The third kappa shape index (κ3) is 11.4. The van der Waals surface area contributed by atoms with Crippen LogP contribution in [0.2, 0.25) is 0 Å². The van der Waals surface area contributed by atoms with Crippen LogP contribution in [0.1, 0.15) is 22.3 Å².